The molecular formula is C11H15BrClNO2S. The summed E-state index contributed by atoms with van der Waals surface area (Å²) >= 11 is 9.40. The fraction of sp³-hybridized carbons (Fsp3) is 0.455. The van der Waals surface area contributed by atoms with Crippen molar-refractivity contribution in [2.75, 3.05) is 12.0 Å². The highest BCUT2D eigenvalue weighted by atomic mass is 79.9. The number of rotatable bonds is 5. The SMILES string of the molecule is CS(=O)(=O)CCCC(N)c1cc(Br)ccc1Cl. The first-order valence-corrected chi connectivity index (χ1v) is 8.41. The number of hydrogen-bond donors (Lipinski definition) is 1. The molecule has 0 spiro atoms. The van der Waals surface area contributed by atoms with E-state index in [1.807, 2.05) is 12.1 Å². The Morgan fingerprint density at radius 2 is 2.12 bits per heavy atom. The molecule has 1 aromatic carbocycles. The van der Waals surface area contributed by atoms with Crippen LogP contribution in [0.25, 0.3) is 0 Å². The normalized spacial score (nSPS) is 13.6. The molecule has 1 rings (SSSR count). The van der Waals surface area contributed by atoms with Gasteiger partial charge < -0.3 is 5.73 Å². The minimum absolute atomic E-state index is 0.159. The van der Waals surface area contributed by atoms with Gasteiger partial charge in [-0.25, -0.2) is 8.42 Å². The molecule has 1 aromatic rings. The molecule has 0 saturated carbocycles. The molecule has 0 aromatic heterocycles. The zero-order chi connectivity index (χ0) is 13.1. The van der Waals surface area contributed by atoms with Crippen LogP contribution in [-0.4, -0.2) is 20.4 Å². The molecule has 0 saturated heterocycles. The Morgan fingerprint density at radius 1 is 1.47 bits per heavy atom. The van der Waals surface area contributed by atoms with Crippen LogP contribution in [0.3, 0.4) is 0 Å². The van der Waals surface area contributed by atoms with E-state index in [0.717, 1.165) is 10.0 Å². The molecule has 0 heterocycles. The van der Waals surface area contributed by atoms with E-state index in [-0.39, 0.29) is 11.8 Å². The third-order valence-corrected chi connectivity index (χ3v) is 4.26. The van der Waals surface area contributed by atoms with Gasteiger partial charge in [0.15, 0.2) is 0 Å². The lowest BCUT2D eigenvalue weighted by atomic mass is 10.0. The van der Waals surface area contributed by atoms with Gasteiger partial charge >= 0.3 is 0 Å². The minimum atomic E-state index is -2.92. The third-order valence-electron chi connectivity index (χ3n) is 2.39. The molecule has 17 heavy (non-hydrogen) atoms. The average Bonchev–Trinajstić information content (AvgIpc) is 2.19. The van der Waals surface area contributed by atoms with Gasteiger partial charge in [-0.3, -0.25) is 0 Å². The van der Waals surface area contributed by atoms with Gasteiger partial charge in [-0.1, -0.05) is 27.5 Å². The van der Waals surface area contributed by atoms with Crippen molar-refractivity contribution in [3.8, 4) is 0 Å². The predicted molar refractivity (Wildman–Crippen MR) is 75.0 cm³/mol. The standard InChI is InChI=1S/C11H15BrClNO2S/c1-17(15,16)6-2-3-11(14)9-7-8(12)4-5-10(9)13/h4-5,7,11H,2-3,6,14H2,1H3. The highest BCUT2D eigenvalue weighted by Gasteiger charge is 2.12. The number of sulfone groups is 1. The molecule has 0 aliphatic heterocycles. The topological polar surface area (TPSA) is 60.2 Å². The smallest absolute Gasteiger partial charge is 0.147 e. The zero-order valence-electron chi connectivity index (χ0n) is 9.49. The summed E-state index contributed by atoms with van der Waals surface area (Å²) in [5.41, 5.74) is 6.84. The third kappa shape index (κ3) is 5.38. The number of hydrogen-bond acceptors (Lipinski definition) is 3. The van der Waals surface area contributed by atoms with Crippen molar-refractivity contribution in [1.82, 2.24) is 0 Å². The summed E-state index contributed by atoms with van der Waals surface area (Å²) in [5.74, 6) is 0.159. The zero-order valence-corrected chi connectivity index (χ0v) is 12.6. The summed E-state index contributed by atoms with van der Waals surface area (Å²) in [4.78, 5) is 0. The van der Waals surface area contributed by atoms with Crippen molar-refractivity contribution in [3.05, 3.63) is 33.3 Å². The summed E-state index contributed by atoms with van der Waals surface area (Å²) < 4.78 is 22.9. The van der Waals surface area contributed by atoms with Gasteiger partial charge in [-0.05, 0) is 36.6 Å². The molecule has 1 atom stereocenters. The largest absolute Gasteiger partial charge is 0.324 e. The molecule has 0 aliphatic rings. The highest BCUT2D eigenvalue weighted by Crippen LogP contribution is 2.27. The fourth-order valence-electron chi connectivity index (χ4n) is 1.52. The first-order chi connectivity index (χ1) is 7.79. The lowest BCUT2D eigenvalue weighted by Crippen LogP contribution is -2.13. The second-order valence-corrected chi connectivity index (χ2v) is 7.63. The summed E-state index contributed by atoms with van der Waals surface area (Å²) in [6, 6.07) is 5.25. The molecule has 1 unspecified atom stereocenters. The van der Waals surface area contributed by atoms with Gasteiger partial charge in [0.25, 0.3) is 0 Å². The first-order valence-electron chi connectivity index (χ1n) is 5.18. The van der Waals surface area contributed by atoms with E-state index in [0.29, 0.717) is 17.9 Å². The summed E-state index contributed by atoms with van der Waals surface area (Å²) in [6.07, 6.45) is 2.37. The van der Waals surface area contributed by atoms with Crippen LogP contribution in [0.4, 0.5) is 0 Å². The van der Waals surface area contributed by atoms with Crippen molar-refractivity contribution < 1.29 is 8.42 Å². The van der Waals surface area contributed by atoms with Crippen LogP contribution in [0, 0.1) is 0 Å². The van der Waals surface area contributed by atoms with Crippen molar-refractivity contribution in [2.24, 2.45) is 5.73 Å². The van der Waals surface area contributed by atoms with E-state index in [4.69, 9.17) is 17.3 Å². The maximum atomic E-state index is 11.0. The Balaban J connectivity index is 2.64. The van der Waals surface area contributed by atoms with E-state index in [1.54, 1.807) is 6.07 Å². The maximum absolute atomic E-state index is 11.0. The minimum Gasteiger partial charge on any atom is -0.324 e. The van der Waals surface area contributed by atoms with Crippen LogP contribution in [0.15, 0.2) is 22.7 Å². The van der Waals surface area contributed by atoms with E-state index >= 15 is 0 Å². The van der Waals surface area contributed by atoms with Crippen LogP contribution >= 0.6 is 27.5 Å². The van der Waals surface area contributed by atoms with Crippen molar-refractivity contribution in [1.29, 1.82) is 0 Å². The van der Waals surface area contributed by atoms with E-state index in [9.17, 15) is 8.42 Å². The van der Waals surface area contributed by atoms with Gasteiger partial charge in [0.05, 0.1) is 0 Å². The van der Waals surface area contributed by atoms with Gasteiger partial charge in [-0.2, -0.15) is 0 Å². The van der Waals surface area contributed by atoms with Crippen molar-refractivity contribution in [2.45, 2.75) is 18.9 Å². The van der Waals surface area contributed by atoms with Gasteiger partial charge in [-0.15, -0.1) is 0 Å². The number of benzene rings is 1. The van der Waals surface area contributed by atoms with Crippen LogP contribution in [-0.2, 0) is 9.84 Å². The molecule has 2 N–H and O–H groups in total. The van der Waals surface area contributed by atoms with Gasteiger partial charge in [0.2, 0.25) is 0 Å². The summed E-state index contributed by atoms with van der Waals surface area (Å²) in [5, 5.41) is 0.611. The molecule has 0 bridgehead atoms. The van der Waals surface area contributed by atoms with E-state index in [2.05, 4.69) is 15.9 Å². The Hall–Kier alpha value is -0.100. The van der Waals surface area contributed by atoms with E-state index in [1.165, 1.54) is 6.26 Å². The quantitative estimate of drug-likeness (QED) is 0.896. The number of nitrogens with two attached hydrogens (primary N) is 1. The second kappa shape index (κ2) is 6.18. The lowest BCUT2D eigenvalue weighted by molar-refractivity contribution is 0.588. The second-order valence-electron chi connectivity index (χ2n) is 4.04. The molecular weight excluding hydrogens is 326 g/mol. The van der Waals surface area contributed by atoms with Gasteiger partial charge in [0, 0.05) is 27.5 Å². The van der Waals surface area contributed by atoms with Crippen molar-refractivity contribution in [3.63, 3.8) is 0 Å². The van der Waals surface area contributed by atoms with Crippen LogP contribution in [0.1, 0.15) is 24.4 Å². The summed E-state index contributed by atoms with van der Waals surface area (Å²) in [7, 11) is -2.92. The average molecular weight is 341 g/mol. The van der Waals surface area contributed by atoms with Crippen LogP contribution in [0.2, 0.25) is 5.02 Å². The van der Waals surface area contributed by atoms with Crippen molar-refractivity contribution >= 4 is 37.4 Å². The maximum Gasteiger partial charge on any atom is 0.147 e. The molecule has 3 nitrogen and oxygen atoms in total. The number of halogens is 2. The first kappa shape index (κ1) is 15.0. The van der Waals surface area contributed by atoms with Crippen LogP contribution in [0.5, 0.6) is 0 Å². The van der Waals surface area contributed by atoms with Crippen LogP contribution < -0.4 is 5.73 Å². The molecule has 0 aliphatic carbocycles. The van der Waals surface area contributed by atoms with Gasteiger partial charge in [0.1, 0.15) is 9.84 Å². The molecule has 0 amide bonds. The predicted octanol–water partition coefficient (Wildman–Crippen LogP) is 2.93. The Morgan fingerprint density at radius 3 is 2.71 bits per heavy atom. The lowest BCUT2D eigenvalue weighted by Gasteiger charge is -2.13. The molecule has 0 radical (unpaired) electrons. The fourth-order valence-corrected chi connectivity index (χ4v) is 2.85. The Bertz CT molecular complexity index is 490. The Labute approximate surface area is 115 Å². The molecule has 6 heteroatoms. The van der Waals surface area contributed by atoms with E-state index < -0.39 is 9.84 Å². The summed E-state index contributed by atoms with van der Waals surface area (Å²) in [6.45, 7) is 0. The Kier molecular flexibility index (Phi) is 5.44. The molecule has 96 valence electrons. The molecule has 0 fully saturated rings. The highest BCUT2D eigenvalue weighted by molar-refractivity contribution is 9.10. The monoisotopic (exact) mass is 339 g/mol.